The Morgan fingerprint density at radius 3 is 1.61 bits per heavy atom. The van der Waals surface area contributed by atoms with Crippen molar-refractivity contribution in [1.82, 2.24) is 0 Å². The van der Waals surface area contributed by atoms with Crippen LogP contribution in [0, 0.1) is 11.8 Å². The lowest BCUT2D eigenvalue weighted by Crippen LogP contribution is -2.50. The number of nitrogens with two attached hydrogens (primary N) is 1. The summed E-state index contributed by atoms with van der Waals surface area (Å²) in [5, 5.41) is 4.67. The third-order valence-corrected chi connectivity index (χ3v) is 10.5. The van der Waals surface area contributed by atoms with Gasteiger partial charge < -0.3 is 0 Å². The summed E-state index contributed by atoms with van der Waals surface area (Å²) in [6.07, 6.45) is 0. The topological polar surface area (TPSA) is 97.5 Å². The number of hydrogen-bond acceptors (Lipinski definition) is 4. The van der Waals surface area contributed by atoms with Gasteiger partial charge in [-0.05, 0) is 24.3 Å². The summed E-state index contributed by atoms with van der Waals surface area (Å²) in [6, 6.07) is 4.83. The molecule has 1 aromatic carbocycles. The number of rotatable bonds is 2. The Balaban J connectivity index is 1.84. The summed E-state index contributed by atoms with van der Waals surface area (Å²) < 4.78 is 20.8. The van der Waals surface area contributed by atoms with E-state index < -0.39 is 47.8 Å². The van der Waals surface area contributed by atoms with E-state index in [1.165, 1.54) is 12.1 Å². The number of fused-ring (bicyclic) bond motifs is 5. The van der Waals surface area contributed by atoms with E-state index in [0.717, 1.165) is 17.0 Å². The molecule has 0 spiro atoms. The first-order chi connectivity index (χ1) is 12.7. The summed E-state index contributed by atoms with van der Waals surface area (Å²) in [5.74, 6) is -3.99. The molecule has 4 atom stereocenters. The van der Waals surface area contributed by atoms with Crippen molar-refractivity contribution in [3.63, 3.8) is 0 Å². The Kier molecular flexibility index (Phi) is 4.44. The standard InChI is InChI=1S/C15H8Cl6N2O4S/c16-9-10(17)14(19)8-7(13(9,18)15(14,20)21)11(24)23(12(8)25)5-1-3-6(4-2-5)28(22,26)27/h1-4,7-8H,(H2,22,26,27)/t7-,8-,13+,14+/m1/s1. The summed E-state index contributed by atoms with van der Waals surface area (Å²) in [4.78, 5) is 23.1. The van der Waals surface area contributed by atoms with E-state index in [1.54, 1.807) is 0 Å². The number of nitrogens with zero attached hydrogens (tertiary/aromatic N) is 1. The maximum Gasteiger partial charge on any atom is 0.240 e. The molecule has 1 saturated carbocycles. The van der Waals surface area contributed by atoms with E-state index in [9.17, 15) is 18.0 Å². The molecule has 150 valence electrons. The predicted molar refractivity (Wildman–Crippen MR) is 108 cm³/mol. The Morgan fingerprint density at radius 1 is 0.857 bits per heavy atom. The van der Waals surface area contributed by atoms with E-state index in [1.807, 2.05) is 0 Å². The quantitative estimate of drug-likeness (QED) is 0.474. The number of amides is 2. The lowest BCUT2D eigenvalue weighted by atomic mass is 9.84. The summed E-state index contributed by atoms with van der Waals surface area (Å²) >= 11 is 38.4. The van der Waals surface area contributed by atoms with Gasteiger partial charge in [0.05, 0.1) is 32.5 Å². The highest BCUT2D eigenvalue weighted by molar-refractivity contribution is 7.89. The fraction of sp³-hybridized carbons (Fsp3) is 0.333. The normalized spacial score (nSPS) is 36.5. The van der Waals surface area contributed by atoms with Gasteiger partial charge in [-0.2, -0.15) is 0 Å². The Hall–Kier alpha value is -0.250. The van der Waals surface area contributed by atoms with Crippen LogP contribution >= 0.6 is 69.6 Å². The van der Waals surface area contributed by atoms with Gasteiger partial charge in [0.15, 0.2) is 4.33 Å². The highest BCUT2D eigenvalue weighted by atomic mass is 35.5. The van der Waals surface area contributed by atoms with Crippen molar-refractivity contribution in [2.24, 2.45) is 17.0 Å². The molecule has 1 saturated heterocycles. The van der Waals surface area contributed by atoms with Gasteiger partial charge in [0.1, 0.15) is 9.75 Å². The molecule has 4 rings (SSSR count). The first kappa shape index (κ1) is 21.0. The van der Waals surface area contributed by atoms with Crippen LogP contribution in [0.15, 0.2) is 39.2 Å². The van der Waals surface area contributed by atoms with Crippen molar-refractivity contribution < 1.29 is 18.0 Å². The lowest BCUT2D eigenvalue weighted by Gasteiger charge is -2.34. The van der Waals surface area contributed by atoms with E-state index in [-0.39, 0.29) is 20.6 Å². The zero-order valence-electron chi connectivity index (χ0n) is 13.3. The van der Waals surface area contributed by atoms with Crippen molar-refractivity contribution in [3.8, 4) is 0 Å². The molecule has 28 heavy (non-hydrogen) atoms. The first-order valence-corrected chi connectivity index (χ1v) is 11.4. The number of alkyl halides is 4. The second-order valence-corrected chi connectivity index (χ2v) is 11.5. The molecule has 13 heteroatoms. The zero-order chi connectivity index (χ0) is 21.0. The molecule has 2 bridgehead atoms. The third kappa shape index (κ3) is 2.15. The number of halogens is 6. The Morgan fingerprint density at radius 2 is 1.25 bits per heavy atom. The van der Waals surface area contributed by atoms with Gasteiger partial charge in [0.2, 0.25) is 21.8 Å². The third-order valence-electron chi connectivity index (χ3n) is 5.33. The smallest absolute Gasteiger partial charge is 0.240 e. The molecule has 1 aliphatic heterocycles. The van der Waals surface area contributed by atoms with Gasteiger partial charge in [-0.3, -0.25) is 9.59 Å². The van der Waals surface area contributed by atoms with Crippen molar-refractivity contribution in [3.05, 3.63) is 34.3 Å². The van der Waals surface area contributed by atoms with Gasteiger partial charge in [-0.15, -0.1) is 23.2 Å². The van der Waals surface area contributed by atoms with Crippen LogP contribution < -0.4 is 10.0 Å². The van der Waals surface area contributed by atoms with E-state index in [4.69, 9.17) is 74.7 Å². The van der Waals surface area contributed by atoms with E-state index in [2.05, 4.69) is 0 Å². The molecule has 2 N–H and O–H groups in total. The molecule has 0 unspecified atom stereocenters. The molecule has 0 aromatic heterocycles. The number of benzene rings is 1. The minimum absolute atomic E-state index is 0.0960. The van der Waals surface area contributed by atoms with Crippen LogP contribution in [0.4, 0.5) is 5.69 Å². The predicted octanol–water partition coefficient (Wildman–Crippen LogP) is 3.29. The van der Waals surface area contributed by atoms with Gasteiger partial charge in [-0.1, -0.05) is 46.4 Å². The number of carbonyl (C=O) groups excluding carboxylic acids is 2. The van der Waals surface area contributed by atoms with Crippen molar-refractivity contribution >= 4 is 97.1 Å². The summed E-state index contributed by atoms with van der Waals surface area (Å²) in [5.41, 5.74) is 0.0960. The van der Waals surface area contributed by atoms with Crippen LogP contribution in [0.2, 0.25) is 0 Å². The number of anilines is 1. The maximum absolute atomic E-state index is 13.1. The molecular weight excluding hydrogens is 517 g/mol. The Labute approximate surface area is 189 Å². The zero-order valence-corrected chi connectivity index (χ0v) is 18.6. The minimum atomic E-state index is -3.95. The highest BCUT2D eigenvalue weighted by Crippen LogP contribution is 2.77. The van der Waals surface area contributed by atoms with Crippen LogP contribution in [-0.4, -0.2) is 34.3 Å². The molecule has 3 aliphatic rings. The highest BCUT2D eigenvalue weighted by Gasteiger charge is 2.87. The van der Waals surface area contributed by atoms with Gasteiger partial charge >= 0.3 is 0 Å². The van der Waals surface area contributed by atoms with Gasteiger partial charge in [-0.25, -0.2) is 18.5 Å². The monoisotopic (exact) mass is 522 g/mol. The molecular formula is C15H8Cl6N2O4S. The van der Waals surface area contributed by atoms with E-state index >= 15 is 0 Å². The van der Waals surface area contributed by atoms with Crippen molar-refractivity contribution in [1.29, 1.82) is 0 Å². The number of primary sulfonamides is 1. The fourth-order valence-electron chi connectivity index (χ4n) is 4.03. The van der Waals surface area contributed by atoms with Crippen molar-refractivity contribution in [2.45, 2.75) is 19.0 Å². The van der Waals surface area contributed by atoms with E-state index in [0.29, 0.717) is 0 Å². The molecule has 2 aliphatic carbocycles. The van der Waals surface area contributed by atoms with Crippen molar-refractivity contribution in [2.75, 3.05) is 4.90 Å². The fourth-order valence-corrected chi connectivity index (χ4v) is 7.48. The van der Waals surface area contributed by atoms with Crippen LogP contribution in [0.3, 0.4) is 0 Å². The second-order valence-electron chi connectivity index (χ2n) is 6.63. The van der Waals surface area contributed by atoms with Crippen LogP contribution in [0.5, 0.6) is 0 Å². The number of imide groups is 1. The number of sulfonamides is 1. The van der Waals surface area contributed by atoms with Crippen LogP contribution in [0.25, 0.3) is 0 Å². The molecule has 0 radical (unpaired) electrons. The molecule has 2 fully saturated rings. The molecule has 6 nitrogen and oxygen atoms in total. The van der Waals surface area contributed by atoms with Crippen LogP contribution in [0.1, 0.15) is 0 Å². The summed E-state index contributed by atoms with van der Waals surface area (Å²) in [6.45, 7) is 0. The molecule has 1 aromatic rings. The Bertz CT molecular complexity index is 1040. The van der Waals surface area contributed by atoms with Gasteiger partial charge in [0.25, 0.3) is 0 Å². The number of allylic oxidation sites excluding steroid dienone is 2. The SMILES string of the molecule is NS(=O)(=O)c1ccc(N2C(=O)[C@H]3[C@H](C2=O)[C@]2(Cl)C(Cl)=C(Cl)[C@]3(Cl)C2(Cl)Cl)cc1. The summed E-state index contributed by atoms with van der Waals surface area (Å²) in [7, 11) is -3.95. The minimum Gasteiger partial charge on any atom is -0.274 e. The maximum atomic E-state index is 13.1. The number of carbonyl (C=O) groups is 2. The lowest BCUT2D eigenvalue weighted by molar-refractivity contribution is -0.123. The number of hydrogen-bond donors (Lipinski definition) is 1. The average Bonchev–Trinajstić information content (AvgIpc) is 2.99. The molecule has 2 amide bonds. The van der Waals surface area contributed by atoms with Crippen LogP contribution in [-0.2, 0) is 19.6 Å². The van der Waals surface area contributed by atoms with Gasteiger partial charge in [0, 0.05) is 0 Å². The second kappa shape index (κ2) is 5.92. The largest absolute Gasteiger partial charge is 0.274 e. The first-order valence-electron chi connectivity index (χ1n) is 7.55. The average molecular weight is 525 g/mol. The molecule has 1 heterocycles.